The maximum atomic E-state index is 12.9. The summed E-state index contributed by atoms with van der Waals surface area (Å²) in [6.45, 7) is 1.59. The van der Waals surface area contributed by atoms with E-state index in [9.17, 15) is 19.8 Å². The van der Waals surface area contributed by atoms with Gasteiger partial charge >= 0.3 is 5.97 Å². The number of benzene rings is 2. The van der Waals surface area contributed by atoms with Crippen LogP contribution in [-0.2, 0) is 11.8 Å². The smallest absolute Gasteiger partial charge is 0.355 e. The Morgan fingerprint density at radius 1 is 1.11 bits per heavy atom. The summed E-state index contributed by atoms with van der Waals surface area (Å²) in [6.07, 6.45) is 0. The Morgan fingerprint density at radius 2 is 1.86 bits per heavy atom. The number of para-hydroxylation sites is 1. The quantitative estimate of drug-likeness (QED) is 0.302. The second-order valence-corrected chi connectivity index (χ2v) is 8.39. The van der Waals surface area contributed by atoms with Crippen LogP contribution in [0, 0.1) is 6.92 Å². The molecule has 3 aromatic heterocycles. The van der Waals surface area contributed by atoms with E-state index in [1.165, 1.54) is 26.4 Å². The molecule has 0 aliphatic heterocycles. The van der Waals surface area contributed by atoms with Crippen LogP contribution in [0.4, 0.5) is 0 Å². The van der Waals surface area contributed by atoms with E-state index in [0.29, 0.717) is 16.8 Å². The normalized spacial score (nSPS) is 11.1. The molecule has 0 atom stereocenters. The molecule has 0 fully saturated rings. The van der Waals surface area contributed by atoms with Gasteiger partial charge in [0.05, 0.1) is 19.8 Å². The molecule has 10 heteroatoms. The minimum Gasteiger partial charge on any atom is -0.504 e. The molecule has 0 amide bonds. The zero-order valence-electron chi connectivity index (χ0n) is 20.4. The molecule has 0 saturated heterocycles. The van der Waals surface area contributed by atoms with Gasteiger partial charge in [0.15, 0.2) is 17.3 Å². The third-order valence-corrected chi connectivity index (χ3v) is 6.15. The van der Waals surface area contributed by atoms with Gasteiger partial charge in [-0.15, -0.1) is 0 Å². The van der Waals surface area contributed by atoms with Crippen LogP contribution in [0.15, 0.2) is 57.7 Å². The minimum absolute atomic E-state index is 0.0736. The lowest BCUT2D eigenvalue weighted by Gasteiger charge is -2.08. The Labute approximate surface area is 210 Å². The molecule has 0 unspecified atom stereocenters. The number of phenols is 1. The van der Waals surface area contributed by atoms with Crippen molar-refractivity contribution in [2.45, 2.75) is 6.92 Å². The van der Waals surface area contributed by atoms with Crippen LogP contribution in [0.25, 0.3) is 45.0 Å². The number of phenolic OH excluding ortho intramolecular Hbond substituents is 1. The zero-order valence-corrected chi connectivity index (χ0v) is 20.4. The molecular weight excluding hydrogens is 478 g/mol. The number of esters is 1. The van der Waals surface area contributed by atoms with Crippen LogP contribution in [-0.4, -0.2) is 44.9 Å². The van der Waals surface area contributed by atoms with E-state index in [-0.39, 0.29) is 40.2 Å². The molecule has 0 aliphatic carbocycles. The maximum Gasteiger partial charge on any atom is 0.355 e. The summed E-state index contributed by atoms with van der Waals surface area (Å²) < 4.78 is 17.8. The van der Waals surface area contributed by atoms with E-state index in [1.54, 1.807) is 30.7 Å². The van der Waals surface area contributed by atoms with Gasteiger partial charge in [-0.25, -0.2) is 9.78 Å². The molecule has 188 valence electrons. The summed E-state index contributed by atoms with van der Waals surface area (Å²) in [5.41, 5.74) is 1.87. The Balaban J connectivity index is 1.88. The number of aromatic amines is 1. The number of aromatic hydroxyl groups is 2. The van der Waals surface area contributed by atoms with Crippen LogP contribution in [0.5, 0.6) is 17.2 Å². The summed E-state index contributed by atoms with van der Waals surface area (Å²) in [5.74, 6) is -0.603. The van der Waals surface area contributed by atoms with Crippen LogP contribution in [0.2, 0.25) is 0 Å². The van der Waals surface area contributed by atoms with Crippen molar-refractivity contribution >= 4 is 16.9 Å². The van der Waals surface area contributed by atoms with Crippen molar-refractivity contribution in [1.29, 1.82) is 0 Å². The number of nitrogens with zero attached hydrogens (tertiary/aromatic N) is 2. The van der Waals surface area contributed by atoms with E-state index in [0.717, 1.165) is 10.9 Å². The van der Waals surface area contributed by atoms with Gasteiger partial charge in [-0.1, -0.05) is 18.2 Å². The van der Waals surface area contributed by atoms with E-state index in [4.69, 9.17) is 18.9 Å². The third-order valence-electron chi connectivity index (χ3n) is 6.15. The van der Waals surface area contributed by atoms with Crippen LogP contribution < -0.4 is 10.2 Å². The van der Waals surface area contributed by atoms with Crippen molar-refractivity contribution < 1.29 is 28.9 Å². The molecule has 37 heavy (non-hydrogen) atoms. The average molecular weight is 501 g/mol. The summed E-state index contributed by atoms with van der Waals surface area (Å²) in [4.78, 5) is 33.2. The van der Waals surface area contributed by atoms with Gasteiger partial charge in [0.2, 0.25) is 11.2 Å². The fourth-order valence-electron chi connectivity index (χ4n) is 4.43. The number of fused-ring (bicyclic) bond motifs is 1. The molecule has 0 aliphatic rings. The number of hydrogen-bond donors (Lipinski definition) is 3. The maximum absolute atomic E-state index is 12.9. The Kier molecular flexibility index (Phi) is 5.71. The summed E-state index contributed by atoms with van der Waals surface area (Å²) in [6, 6.07) is 13.2. The van der Waals surface area contributed by atoms with Gasteiger partial charge in [-0.05, 0) is 31.2 Å². The number of H-pyrrole nitrogens is 1. The SMILES string of the molecule is COC(=O)c1c(-c2nc(-c3ccc(O)c(OC)c3)c(-c3oc(C)cc(=O)c3O)[nH]2)c2ccccc2n1C. The third kappa shape index (κ3) is 3.79. The van der Waals surface area contributed by atoms with Crippen molar-refractivity contribution in [1.82, 2.24) is 14.5 Å². The summed E-state index contributed by atoms with van der Waals surface area (Å²) in [7, 11) is 4.46. The van der Waals surface area contributed by atoms with Crippen molar-refractivity contribution in [2.24, 2.45) is 7.05 Å². The predicted molar refractivity (Wildman–Crippen MR) is 136 cm³/mol. The number of aryl methyl sites for hydroxylation is 2. The summed E-state index contributed by atoms with van der Waals surface area (Å²) in [5, 5.41) is 21.5. The van der Waals surface area contributed by atoms with Crippen molar-refractivity contribution in [3.63, 3.8) is 0 Å². The highest BCUT2D eigenvalue weighted by molar-refractivity contribution is 6.08. The molecule has 0 spiro atoms. The number of nitrogens with one attached hydrogen (secondary N) is 1. The van der Waals surface area contributed by atoms with Crippen LogP contribution in [0.1, 0.15) is 16.2 Å². The lowest BCUT2D eigenvalue weighted by molar-refractivity contribution is 0.0591. The van der Waals surface area contributed by atoms with Crippen molar-refractivity contribution in [2.75, 3.05) is 14.2 Å². The number of rotatable bonds is 5. The molecule has 10 nitrogen and oxygen atoms in total. The topological polar surface area (TPSA) is 140 Å². The second-order valence-electron chi connectivity index (χ2n) is 8.39. The molecular formula is C27H23N3O7. The number of carbonyl (C=O) groups is 1. The second kappa shape index (κ2) is 8.90. The molecule has 5 aromatic rings. The number of carbonyl (C=O) groups excluding carboxylic acids is 1. The molecule has 0 bridgehead atoms. The largest absolute Gasteiger partial charge is 0.504 e. The van der Waals surface area contributed by atoms with Gasteiger partial charge in [-0.3, -0.25) is 4.79 Å². The predicted octanol–water partition coefficient (Wildman–Crippen LogP) is 4.37. The highest BCUT2D eigenvalue weighted by Gasteiger charge is 2.28. The number of aromatic nitrogens is 3. The van der Waals surface area contributed by atoms with Gasteiger partial charge in [-0.2, -0.15) is 0 Å². The Bertz CT molecular complexity index is 1740. The fourth-order valence-corrected chi connectivity index (χ4v) is 4.43. The van der Waals surface area contributed by atoms with Gasteiger partial charge in [0.1, 0.15) is 28.7 Å². The van der Waals surface area contributed by atoms with Crippen LogP contribution >= 0.6 is 0 Å². The van der Waals surface area contributed by atoms with E-state index in [2.05, 4.69) is 4.98 Å². The van der Waals surface area contributed by atoms with Crippen molar-refractivity contribution in [3.8, 4) is 51.3 Å². The Hall–Kier alpha value is -4.99. The first kappa shape index (κ1) is 23.7. The van der Waals surface area contributed by atoms with Gasteiger partial charge in [0, 0.05) is 29.6 Å². The first-order chi connectivity index (χ1) is 17.7. The van der Waals surface area contributed by atoms with E-state index >= 15 is 0 Å². The first-order valence-corrected chi connectivity index (χ1v) is 11.2. The van der Waals surface area contributed by atoms with Crippen LogP contribution in [0.3, 0.4) is 0 Å². The van der Waals surface area contributed by atoms with E-state index < -0.39 is 17.1 Å². The van der Waals surface area contributed by atoms with Gasteiger partial charge < -0.3 is 33.7 Å². The molecule has 3 N–H and O–H groups in total. The van der Waals surface area contributed by atoms with E-state index in [1.807, 2.05) is 24.3 Å². The Morgan fingerprint density at radius 3 is 2.59 bits per heavy atom. The van der Waals surface area contributed by atoms with Gasteiger partial charge in [0.25, 0.3) is 0 Å². The molecule has 3 heterocycles. The number of hydrogen-bond acceptors (Lipinski definition) is 8. The minimum atomic E-state index is -0.621. The number of imidazole rings is 1. The highest BCUT2D eigenvalue weighted by atomic mass is 16.5. The molecule has 0 saturated carbocycles. The standard InChI is InChI=1S/C27H23N3O7/c1-13-11-18(32)24(33)25(37-13)22-21(14-9-10-17(31)19(12-14)35-3)28-26(29-22)20-15-7-5-6-8-16(15)30(2)23(20)27(34)36-4/h5-12,31,33H,1-4H3,(H,28,29). The number of ether oxygens (including phenoxy) is 2. The van der Waals surface area contributed by atoms with Crippen molar-refractivity contribution in [3.05, 3.63) is 70.2 Å². The lowest BCUT2D eigenvalue weighted by Crippen LogP contribution is -2.09. The highest BCUT2D eigenvalue weighted by Crippen LogP contribution is 2.41. The first-order valence-electron chi connectivity index (χ1n) is 11.2. The fraction of sp³-hybridized carbons (Fsp3) is 0.148. The molecule has 5 rings (SSSR count). The summed E-state index contributed by atoms with van der Waals surface area (Å²) >= 11 is 0. The monoisotopic (exact) mass is 501 g/mol. The molecule has 0 radical (unpaired) electrons. The number of methoxy groups -OCH3 is 2. The lowest BCUT2D eigenvalue weighted by atomic mass is 10.1. The average Bonchev–Trinajstić information content (AvgIpc) is 3.45. The molecule has 2 aromatic carbocycles. The zero-order chi connectivity index (χ0) is 26.4.